The van der Waals surface area contributed by atoms with Gasteiger partial charge in [0.15, 0.2) is 0 Å². The largest absolute Gasteiger partial charge is 0.381 e. The average molecular weight is 318 g/mol. The van der Waals surface area contributed by atoms with Crippen LogP contribution in [0.5, 0.6) is 0 Å². The lowest BCUT2D eigenvalue weighted by atomic mass is 10.3. The zero-order valence-electron chi connectivity index (χ0n) is 12.8. The molecular formula is C12H22N4O4S. The molecule has 120 valence electrons. The molecule has 0 N–H and O–H groups in total. The third kappa shape index (κ3) is 4.50. The Bertz CT molecular complexity index is 568. The molecule has 0 atom stereocenters. The van der Waals surface area contributed by atoms with Crippen LogP contribution in [0.25, 0.3) is 0 Å². The van der Waals surface area contributed by atoms with Gasteiger partial charge in [-0.2, -0.15) is 4.68 Å². The molecule has 0 aromatic carbocycles. The Balaban J connectivity index is 2.88. The molecule has 1 heterocycles. The summed E-state index contributed by atoms with van der Waals surface area (Å²) in [7, 11) is -3.64. The van der Waals surface area contributed by atoms with Gasteiger partial charge in [0, 0.05) is 19.2 Å². The first kappa shape index (κ1) is 17.6. The van der Waals surface area contributed by atoms with Crippen molar-refractivity contribution in [2.24, 2.45) is 0 Å². The number of amides is 1. The molecular weight excluding hydrogens is 296 g/mol. The molecule has 8 nitrogen and oxygen atoms in total. The molecule has 9 heteroatoms. The van der Waals surface area contributed by atoms with Crippen molar-refractivity contribution in [1.82, 2.24) is 19.7 Å². The summed E-state index contributed by atoms with van der Waals surface area (Å²) in [6.07, 6.45) is 1.13. The number of carbonyl (C=O) groups is 1. The minimum absolute atomic E-state index is 0.00953. The number of hydrogen-bond acceptors (Lipinski definition) is 6. The highest BCUT2D eigenvalue weighted by atomic mass is 32.2. The monoisotopic (exact) mass is 318 g/mol. The second-order valence-electron chi connectivity index (χ2n) is 4.65. The maximum atomic E-state index is 12.2. The lowest BCUT2D eigenvalue weighted by Gasteiger charge is -2.24. The maximum absolute atomic E-state index is 12.2. The Morgan fingerprint density at radius 3 is 2.62 bits per heavy atom. The van der Waals surface area contributed by atoms with Gasteiger partial charge in [-0.3, -0.25) is 0 Å². The highest BCUT2D eigenvalue weighted by Crippen LogP contribution is 2.06. The zero-order valence-corrected chi connectivity index (χ0v) is 13.6. The van der Waals surface area contributed by atoms with Crippen molar-refractivity contribution < 1.29 is 17.9 Å². The number of hydrogen-bond donors (Lipinski definition) is 0. The number of ether oxygens (including phenoxy) is 1. The van der Waals surface area contributed by atoms with Gasteiger partial charge < -0.3 is 9.64 Å². The van der Waals surface area contributed by atoms with Crippen LogP contribution < -0.4 is 0 Å². The van der Waals surface area contributed by atoms with Gasteiger partial charge in [-0.1, -0.05) is 0 Å². The van der Waals surface area contributed by atoms with Crippen molar-refractivity contribution in [2.75, 3.05) is 25.5 Å². The molecule has 21 heavy (non-hydrogen) atoms. The van der Waals surface area contributed by atoms with Crippen LogP contribution in [-0.2, 0) is 14.6 Å². The molecule has 0 unspecified atom stereocenters. The van der Waals surface area contributed by atoms with Gasteiger partial charge in [0.25, 0.3) is 5.16 Å². The quantitative estimate of drug-likeness (QED) is 0.690. The van der Waals surface area contributed by atoms with Gasteiger partial charge in [0.05, 0.1) is 12.4 Å². The van der Waals surface area contributed by atoms with Crippen LogP contribution in [0.15, 0.2) is 11.5 Å². The van der Waals surface area contributed by atoms with Crippen molar-refractivity contribution in [3.8, 4) is 0 Å². The summed E-state index contributed by atoms with van der Waals surface area (Å²) < 4.78 is 29.9. The van der Waals surface area contributed by atoms with E-state index in [4.69, 9.17) is 4.74 Å². The molecule has 0 aliphatic heterocycles. The first-order valence-electron chi connectivity index (χ1n) is 6.86. The summed E-state index contributed by atoms with van der Waals surface area (Å²) in [5.74, 6) is -0.208. The van der Waals surface area contributed by atoms with Crippen molar-refractivity contribution in [3.63, 3.8) is 0 Å². The predicted octanol–water partition coefficient (Wildman–Crippen LogP) is 0.787. The van der Waals surface area contributed by atoms with E-state index in [-0.39, 0.29) is 23.6 Å². The fourth-order valence-electron chi connectivity index (χ4n) is 1.74. The summed E-state index contributed by atoms with van der Waals surface area (Å²) in [6.45, 7) is 8.39. The first-order valence-corrected chi connectivity index (χ1v) is 8.51. The van der Waals surface area contributed by atoms with Crippen LogP contribution in [0.2, 0.25) is 0 Å². The number of rotatable bonds is 7. The number of nitrogens with zero attached hydrogens (tertiary/aromatic N) is 4. The first-order chi connectivity index (χ1) is 9.83. The molecule has 0 saturated heterocycles. The van der Waals surface area contributed by atoms with Crippen molar-refractivity contribution in [1.29, 1.82) is 0 Å². The maximum Gasteiger partial charge on any atom is 0.346 e. The normalized spacial score (nSPS) is 11.9. The van der Waals surface area contributed by atoms with Crippen LogP contribution in [0.4, 0.5) is 4.79 Å². The molecule has 0 fully saturated rings. The van der Waals surface area contributed by atoms with E-state index in [2.05, 4.69) is 10.1 Å². The standard InChI is InChI=1S/C12H22N4O4S/c1-5-15(10(3)4)12(17)16-9-13-11(14-16)21(18,19)8-7-20-6-2/h9-10H,5-8H2,1-4H3. The lowest BCUT2D eigenvalue weighted by molar-refractivity contribution is 0.163. The van der Waals surface area contributed by atoms with Crippen LogP contribution in [0.3, 0.4) is 0 Å². The summed E-state index contributed by atoms with van der Waals surface area (Å²) in [5, 5.41) is 3.43. The zero-order chi connectivity index (χ0) is 16.0. The molecule has 0 radical (unpaired) electrons. The van der Waals surface area contributed by atoms with Crippen LogP contribution in [0, 0.1) is 0 Å². The third-order valence-electron chi connectivity index (χ3n) is 2.86. The minimum Gasteiger partial charge on any atom is -0.381 e. The Hall–Kier alpha value is -1.48. The highest BCUT2D eigenvalue weighted by molar-refractivity contribution is 7.91. The number of carbonyl (C=O) groups excluding carboxylic acids is 1. The highest BCUT2D eigenvalue weighted by Gasteiger charge is 2.23. The Morgan fingerprint density at radius 1 is 1.43 bits per heavy atom. The van der Waals surface area contributed by atoms with Crippen molar-refractivity contribution >= 4 is 15.9 Å². The van der Waals surface area contributed by atoms with Crippen LogP contribution in [-0.4, -0.2) is 65.7 Å². The Kier molecular flexibility index (Phi) is 6.28. The van der Waals surface area contributed by atoms with Crippen molar-refractivity contribution in [2.45, 2.75) is 38.9 Å². The van der Waals surface area contributed by atoms with E-state index >= 15 is 0 Å². The second kappa shape index (κ2) is 7.51. The average Bonchev–Trinajstić information content (AvgIpc) is 2.89. The summed E-state index contributed by atoms with van der Waals surface area (Å²) in [5.41, 5.74) is 0. The smallest absolute Gasteiger partial charge is 0.346 e. The van der Waals surface area contributed by atoms with Gasteiger partial charge in [0.1, 0.15) is 6.33 Å². The number of aromatic nitrogens is 3. The van der Waals surface area contributed by atoms with Crippen LogP contribution in [0.1, 0.15) is 27.7 Å². The lowest BCUT2D eigenvalue weighted by Crippen LogP contribution is -2.39. The minimum atomic E-state index is -3.64. The third-order valence-corrected chi connectivity index (χ3v) is 4.30. The van der Waals surface area contributed by atoms with E-state index in [1.165, 1.54) is 0 Å². The predicted molar refractivity (Wildman–Crippen MR) is 76.9 cm³/mol. The molecule has 0 aliphatic rings. The summed E-state index contributed by atoms with van der Waals surface area (Å²) in [6, 6.07) is -0.407. The van der Waals surface area contributed by atoms with Gasteiger partial charge in [-0.25, -0.2) is 18.2 Å². The van der Waals surface area contributed by atoms with Crippen LogP contribution >= 0.6 is 0 Å². The second-order valence-corrected chi connectivity index (χ2v) is 6.65. The molecule has 1 aromatic heterocycles. The van der Waals surface area contributed by atoms with Gasteiger partial charge in [-0.05, 0) is 27.7 Å². The van der Waals surface area contributed by atoms with E-state index in [0.29, 0.717) is 13.2 Å². The van der Waals surface area contributed by atoms with E-state index in [9.17, 15) is 13.2 Å². The van der Waals surface area contributed by atoms with Crippen molar-refractivity contribution in [3.05, 3.63) is 6.33 Å². The number of sulfone groups is 1. The molecule has 0 bridgehead atoms. The molecule has 1 aromatic rings. The molecule has 0 aliphatic carbocycles. The Labute approximate surface area is 125 Å². The molecule has 1 rings (SSSR count). The summed E-state index contributed by atoms with van der Waals surface area (Å²) in [4.78, 5) is 17.5. The summed E-state index contributed by atoms with van der Waals surface area (Å²) >= 11 is 0. The fourth-order valence-corrected chi connectivity index (χ4v) is 2.68. The molecule has 0 spiro atoms. The van der Waals surface area contributed by atoms with Gasteiger partial charge in [-0.15, -0.1) is 5.10 Å². The fraction of sp³-hybridized carbons (Fsp3) is 0.750. The van der Waals surface area contributed by atoms with Gasteiger partial charge in [0.2, 0.25) is 9.84 Å². The topological polar surface area (TPSA) is 94.4 Å². The SMILES string of the molecule is CCOCCS(=O)(=O)c1ncn(C(=O)N(CC)C(C)C)n1. The van der Waals surface area contributed by atoms with E-state index < -0.39 is 15.9 Å². The van der Waals surface area contributed by atoms with E-state index in [0.717, 1.165) is 11.0 Å². The molecule has 1 amide bonds. The Morgan fingerprint density at radius 2 is 2.10 bits per heavy atom. The van der Waals surface area contributed by atoms with E-state index in [1.54, 1.807) is 11.8 Å². The molecule has 0 saturated carbocycles. The van der Waals surface area contributed by atoms with E-state index in [1.807, 2.05) is 20.8 Å². The van der Waals surface area contributed by atoms with Gasteiger partial charge >= 0.3 is 6.03 Å².